The molecule has 0 saturated carbocycles. The molecular weight excluding hydrogens is 307 g/mol. The van der Waals surface area contributed by atoms with E-state index in [0.29, 0.717) is 13.1 Å². The van der Waals surface area contributed by atoms with Crippen molar-refractivity contribution in [3.63, 3.8) is 0 Å². The van der Waals surface area contributed by atoms with Gasteiger partial charge in [0.05, 0.1) is 13.1 Å². The van der Waals surface area contributed by atoms with Gasteiger partial charge in [-0.05, 0) is 48.5 Å². The van der Waals surface area contributed by atoms with Crippen LogP contribution in [0, 0.1) is 5.82 Å². The fourth-order valence-electron chi connectivity index (χ4n) is 2.55. The van der Waals surface area contributed by atoms with Gasteiger partial charge in [-0.3, -0.25) is 4.40 Å². The summed E-state index contributed by atoms with van der Waals surface area (Å²) in [4.78, 5) is 0. The van der Waals surface area contributed by atoms with E-state index < -0.39 is 0 Å². The maximum atomic E-state index is 13.0. The summed E-state index contributed by atoms with van der Waals surface area (Å²) in [6.07, 6.45) is 1.94. The fraction of sp³-hybridized carbons (Fsp3) is 0.111. The van der Waals surface area contributed by atoms with Crippen LogP contribution in [-0.4, -0.2) is 14.6 Å². The maximum absolute atomic E-state index is 13.0. The molecular formula is C18H15FN4O. The molecule has 3 heterocycles. The summed E-state index contributed by atoms with van der Waals surface area (Å²) in [6.45, 7) is 1.15. The van der Waals surface area contributed by atoms with Crippen molar-refractivity contribution < 1.29 is 8.81 Å². The lowest BCUT2D eigenvalue weighted by Gasteiger charge is -2.02. The van der Waals surface area contributed by atoms with Crippen molar-refractivity contribution in [3.8, 4) is 11.3 Å². The molecule has 0 bridgehead atoms. The molecule has 4 rings (SSSR count). The minimum absolute atomic E-state index is 0.257. The first-order valence-electron chi connectivity index (χ1n) is 7.63. The molecule has 1 aromatic carbocycles. The Kier molecular flexibility index (Phi) is 3.80. The monoisotopic (exact) mass is 322 g/mol. The quantitative estimate of drug-likeness (QED) is 0.612. The van der Waals surface area contributed by atoms with E-state index in [-0.39, 0.29) is 5.82 Å². The van der Waals surface area contributed by atoms with Crippen LogP contribution in [0.3, 0.4) is 0 Å². The van der Waals surface area contributed by atoms with E-state index in [1.54, 1.807) is 12.1 Å². The molecule has 5 nitrogen and oxygen atoms in total. The Morgan fingerprint density at radius 1 is 0.958 bits per heavy atom. The smallest absolute Gasteiger partial charge is 0.160 e. The summed E-state index contributed by atoms with van der Waals surface area (Å²) in [5.41, 5.74) is 1.68. The molecule has 120 valence electrons. The Morgan fingerprint density at radius 3 is 2.71 bits per heavy atom. The van der Waals surface area contributed by atoms with Crippen LogP contribution in [0.2, 0.25) is 0 Å². The van der Waals surface area contributed by atoms with E-state index >= 15 is 0 Å². The number of furan rings is 1. The minimum atomic E-state index is -0.257. The van der Waals surface area contributed by atoms with Gasteiger partial charge in [0.15, 0.2) is 11.5 Å². The second-order valence-electron chi connectivity index (χ2n) is 5.42. The number of hydrogen-bond donors (Lipinski definition) is 1. The van der Waals surface area contributed by atoms with E-state index in [1.807, 2.05) is 40.9 Å². The Balaban J connectivity index is 1.41. The molecule has 4 aromatic rings. The van der Waals surface area contributed by atoms with Crippen LogP contribution in [0.5, 0.6) is 0 Å². The average molecular weight is 322 g/mol. The molecule has 0 aliphatic heterocycles. The standard InChI is InChI=1S/C18H15FN4O/c19-14-6-4-13(5-7-14)16-9-8-15(24-16)11-20-12-18-22-21-17-3-1-2-10-23(17)18/h1-10,20H,11-12H2. The lowest BCUT2D eigenvalue weighted by atomic mass is 10.2. The number of fused-ring (bicyclic) bond motifs is 1. The lowest BCUT2D eigenvalue weighted by Crippen LogP contribution is -2.14. The third-order valence-corrected chi connectivity index (χ3v) is 3.76. The summed E-state index contributed by atoms with van der Waals surface area (Å²) in [5, 5.41) is 11.6. The molecule has 0 spiro atoms. The van der Waals surface area contributed by atoms with Gasteiger partial charge in [0, 0.05) is 11.8 Å². The van der Waals surface area contributed by atoms with Gasteiger partial charge >= 0.3 is 0 Å². The predicted molar refractivity (Wildman–Crippen MR) is 87.6 cm³/mol. The Morgan fingerprint density at radius 2 is 1.83 bits per heavy atom. The highest BCUT2D eigenvalue weighted by Gasteiger charge is 2.07. The zero-order valence-corrected chi connectivity index (χ0v) is 12.8. The van der Waals surface area contributed by atoms with Crippen LogP contribution in [0.1, 0.15) is 11.6 Å². The van der Waals surface area contributed by atoms with Gasteiger partial charge in [0.1, 0.15) is 17.3 Å². The largest absolute Gasteiger partial charge is 0.460 e. The van der Waals surface area contributed by atoms with Crippen molar-refractivity contribution in [1.82, 2.24) is 19.9 Å². The summed E-state index contributed by atoms with van der Waals surface area (Å²) in [6, 6.07) is 15.8. The number of benzene rings is 1. The summed E-state index contributed by atoms with van der Waals surface area (Å²) in [7, 11) is 0. The predicted octanol–water partition coefficient (Wildman–Crippen LogP) is 3.42. The molecule has 0 saturated heterocycles. The number of pyridine rings is 1. The normalized spacial score (nSPS) is 11.2. The zero-order valence-electron chi connectivity index (χ0n) is 12.8. The van der Waals surface area contributed by atoms with Crippen molar-refractivity contribution in [2.75, 3.05) is 0 Å². The van der Waals surface area contributed by atoms with Crippen LogP contribution in [-0.2, 0) is 13.1 Å². The number of rotatable bonds is 5. The van der Waals surface area contributed by atoms with Gasteiger partial charge in [-0.2, -0.15) is 0 Å². The molecule has 24 heavy (non-hydrogen) atoms. The number of halogens is 1. The molecule has 0 aliphatic rings. The third-order valence-electron chi connectivity index (χ3n) is 3.76. The molecule has 0 atom stereocenters. The topological polar surface area (TPSA) is 55.4 Å². The van der Waals surface area contributed by atoms with E-state index in [1.165, 1.54) is 12.1 Å². The average Bonchev–Trinajstić information content (AvgIpc) is 3.23. The number of aromatic nitrogens is 3. The molecule has 0 unspecified atom stereocenters. The second-order valence-corrected chi connectivity index (χ2v) is 5.42. The molecule has 3 aromatic heterocycles. The van der Waals surface area contributed by atoms with Crippen molar-refractivity contribution in [1.29, 1.82) is 0 Å². The summed E-state index contributed by atoms with van der Waals surface area (Å²) < 4.78 is 20.7. The Labute approximate surface area is 137 Å². The number of hydrogen-bond acceptors (Lipinski definition) is 4. The van der Waals surface area contributed by atoms with Crippen molar-refractivity contribution in [2.45, 2.75) is 13.1 Å². The van der Waals surface area contributed by atoms with E-state index in [0.717, 1.165) is 28.6 Å². The number of nitrogens with one attached hydrogen (secondary N) is 1. The first-order valence-corrected chi connectivity index (χ1v) is 7.63. The highest BCUT2D eigenvalue weighted by atomic mass is 19.1. The van der Waals surface area contributed by atoms with E-state index in [9.17, 15) is 4.39 Å². The summed E-state index contributed by atoms with van der Waals surface area (Å²) in [5.74, 6) is 2.12. The Bertz CT molecular complexity index is 958. The van der Waals surface area contributed by atoms with Crippen molar-refractivity contribution in [2.24, 2.45) is 0 Å². The van der Waals surface area contributed by atoms with E-state index in [4.69, 9.17) is 4.42 Å². The first kappa shape index (κ1) is 14.6. The second kappa shape index (κ2) is 6.25. The summed E-state index contributed by atoms with van der Waals surface area (Å²) >= 11 is 0. The molecule has 0 amide bonds. The molecule has 0 radical (unpaired) electrons. The Hall–Kier alpha value is -2.99. The molecule has 1 N–H and O–H groups in total. The van der Waals surface area contributed by atoms with Crippen LogP contribution in [0.15, 0.2) is 65.2 Å². The minimum Gasteiger partial charge on any atom is -0.460 e. The highest BCUT2D eigenvalue weighted by molar-refractivity contribution is 5.57. The van der Waals surface area contributed by atoms with Gasteiger partial charge < -0.3 is 9.73 Å². The zero-order chi connectivity index (χ0) is 16.4. The number of nitrogens with zero attached hydrogens (tertiary/aromatic N) is 3. The van der Waals surface area contributed by atoms with Crippen molar-refractivity contribution in [3.05, 3.63) is 78.2 Å². The van der Waals surface area contributed by atoms with Gasteiger partial charge in [-0.15, -0.1) is 10.2 Å². The van der Waals surface area contributed by atoms with Crippen LogP contribution in [0.4, 0.5) is 4.39 Å². The SMILES string of the molecule is Fc1ccc(-c2ccc(CNCc3nnc4ccccn34)o2)cc1. The van der Waals surface area contributed by atoms with Gasteiger partial charge in [0.25, 0.3) is 0 Å². The lowest BCUT2D eigenvalue weighted by molar-refractivity contribution is 0.489. The van der Waals surface area contributed by atoms with Crippen molar-refractivity contribution >= 4 is 5.65 Å². The van der Waals surface area contributed by atoms with E-state index in [2.05, 4.69) is 15.5 Å². The fourth-order valence-corrected chi connectivity index (χ4v) is 2.55. The molecule has 0 aliphatic carbocycles. The molecule has 0 fully saturated rings. The van der Waals surface area contributed by atoms with Gasteiger partial charge in [-0.1, -0.05) is 6.07 Å². The van der Waals surface area contributed by atoms with Gasteiger partial charge in [0.2, 0.25) is 0 Å². The van der Waals surface area contributed by atoms with Crippen LogP contribution < -0.4 is 5.32 Å². The van der Waals surface area contributed by atoms with Crippen LogP contribution in [0.25, 0.3) is 17.0 Å². The molecule has 6 heteroatoms. The van der Waals surface area contributed by atoms with Gasteiger partial charge in [-0.25, -0.2) is 4.39 Å². The maximum Gasteiger partial charge on any atom is 0.160 e. The third kappa shape index (κ3) is 2.91. The highest BCUT2D eigenvalue weighted by Crippen LogP contribution is 2.22. The first-order chi connectivity index (χ1) is 11.8. The van der Waals surface area contributed by atoms with Crippen LogP contribution >= 0.6 is 0 Å².